The summed E-state index contributed by atoms with van der Waals surface area (Å²) < 4.78 is 22.4. The Morgan fingerprint density at radius 1 is 1.55 bits per heavy atom. The van der Waals surface area contributed by atoms with Crippen molar-refractivity contribution in [1.82, 2.24) is 4.72 Å². The quantitative estimate of drug-likeness (QED) is 0.581. The first-order valence-corrected chi connectivity index (χ1v) is 4.67. The summed E-state index contributed by atoms with van der Waals surface area (Å²) in [6.07, 6.45) is 0. The third-order valence-corrected chi connectivity index (χ3v) is 1.64. The van der Waals surface area contributed by atoms with Crippen LogP contribution >= 0.6 is 0 Å². The van der Waals surface area contributed by atoms with Crippen LogP contribution in [-0.2, 0) is 15.0 Å². The van der Waals surface area contributed by atoms with Gasteiger partial charge in [-0.2, -0.15) is 13.1 Å². The summed E-state index contributed by atoms with van der Waals surface area (Å²) in [4.78, 5) is 10.8. The molecule has 0 bridgehead atoms. The molecule has 0 saturated heterocycles. The van der Waals surface area contributed by atoms with Crippen LogP contribution in [0.5, 0.6) is 0 Å². The second-order valence-corrected chi connectivity index (χ2v) is 3.87. The van der Waals surface area contributed by atoms with Crippen molar-refractivity contribution in [2.45, 2.75) is 13.8 Å². The lowest BCUT2D eigenvalue weighted by Crippen LogP contribution is -2.36. The van der Waals surface area contributed by atoms with Crippen LogP contribution in [0, 0.1) is 5.92 Å². The van der Waals surface area contributed by atoms with Crippen LogP contribution in [0.25, 0.3) is 0 Å². The fourth-order valence-electron chi connectivity index (χ4n) is 0.376. The molecule has 0 amide bonds. The summed E-state index contributed by atoms with van der Waals surface area (Å²) in [5.74, 6) is -0.358. The maximum Gasteiger partial charge on any atom is 0.274 e. The number of ketones is 1. The van der Waals surface area contributed by atoms with Gasteiger partial charge in [-0.25, -0.2) is 5.14 Å². The minimum Gasteiger partial charge on any atom is -0.298 e. The molecule has 0 saturated carbocycles. The van der Waals surface area contributed by atoms with Gasteiger partial charge in [-0.3, -0.25) is 4.79 Å². The fraction of sp³-hybridized carbons (Fsp3) is 0.800. The average Bonchev–Trinajstić information content (AvgIpc) is 1.80. The van der Waals surface area contributed by atoms with Crippen LogP contribution in [0.15, 0.2) is 0 Å². The predicted molar refractivity (Wildman–Crippen MR) is 41.0 cm³/mol. The van der Waals surface area contributed by atoms with Gasteiger partial charge in [0.15, 0.2) is 0 Å². The molecule has 0 fully saturated rings. The molecule has 0 rings (SSSR count). The summed E-state index contributed by atoms with van der Waals surface area (Å²) in [6.45, 7) is 3.15. The molecule has 0 aromatic carbocycles. The summed E-state index contributed by atoms with van der Waals surface area (Å²) in [7, 11) is -3.72. The number of hydrogen-bond donors (Lipinski definition) is 2. The van der Waals surface area contributed by atoms with E-state index in [1.807, 2.05) is 4.72 Å². The molecule has 6 heteroatoms. The van der Waals surface area contributed by atoms with Gasteiger partial charge in [0.25, 0.3) is 10.2 Å². The van der Waals surface area contributed by atoms with E-state index in [2.05, 4.69) is 5.14 Å². The topological polar surface area (TPSA) is 89.3 Å². The number of carbonyl (C=O) groups excluding carboxylic acids is 1. The summed E-state index contributed by atoms with van der Waals surface area (Å²) in [6, 6.07) is 0. The lowest BCUT2D eigenvalue weighted by Gasteiger charge is -2.03. The van der Waals surface area contributed by atoms with E-state index in [1.165, 1.54) is 0 Å². The van der Waals surface area contributed by atoms with E-state index in [0.29, 0.717) is 0 Å². The minimum absolute atomic E-state index is 0.177. The maximum absolute atomic E-state index is 10.8. The number of Topliss-reactive ketones (excluding diaryl/α,β-unsaturated/α-hetero) is 1. The predicted octanol–water partition coefficient (Wildman–Crippen LogP) is -0.995. The highest BCUT2D eigenvalue weighted by Crippen LogP contribution is 1.91. The summed E-state index contributed by atoms with van der Waals surface area (Å²) in [5.41, 5.74) is 0. The number of nitrogens with two attached hydrogens (primary N) is 1. The lowest BCUT2D eigenvalue weighted by atomic mass is 10.1. The van der Waals surface area contributed by atoms with Crippen LogP contribution in [-0.4, -0.2) is 20.7 Å². The first-order valence-electron chi connectivity index (χ1n) is 3.13. The Morgan fingerprint density at radius 2 is 2.00 bits per heavy atom. The van der Waals surface area contributed by atoms with Crippen molar-refractivity contribution in [2.75, 3.05) is 6.54 Å². The van der Waals surface area contributed by atoms with E-state index in [1.54, 1.807) is 13.8 Å². The first kappa shape index (κ1) is 10.5. The SMILES string of the molecule is CC(C)C(=O)CNS(N)(=O)=O. The Hall–Kier alpha value is -0.460. The van der Waals surface area contributed by atoms with E-state index in [4.69, 9.17) is 0 Å². The number of nitrogens with one attached hydrogen (secondary N) is 1. The molecule has 0 aliphatic carbocycles. The van der Waals surface area contributed by atoms with Gasteiger partial charge in [-0.05, 0) is 0 Å². The van der Waals surface area contributed by atoms with Crippen LogP contribution in [0.2, 0.25) is 0 Å². The van der Waals surface area contributed by atoms with Gasteiger partial charge in [0.05, 0.1) is 6.54 Å². The summed E-state index contributed by atoms with van der Waals surface area (Å²) >= 11 is 0. The minimum atomic E-state index is -3.72. The van der Waals surface area contributed by atoms with Gasteiger partial charge >= 0.3 is 0 Å². The van der Waals surface area contributed by atoms with Gasteiger partial charge in [0.2, 0.25) is 0 Å². The van der Waals surface area contributed by atoms with Crippen LogP contribution in [0.4, 0.5) is 0 Å². The highest BCUT2D eigenvalue weighted by atomic mass is 32.2. The maximum atomic E-state index is 10.8. The van der Waals surface area contributed by atoms with E-state index < -0.39 is 10.2 Å². The van der Waals surface area contributed by atoms with E-state index in [0.717, 1.165) is 0 Å². The zero-order valence-corrected chi connectivity index (χ0v) is 7.31. The first-order chi connectivity index (χ1) is 4.83. The van der Waals surface area contributed by atoms with Gasteiger partial charge < -0.3 is 0 Å². The molecular formula is C5H12N2O3S. The molecule has 3 N–H and O–H groups in total. The molecule has 66 valence electrons. The van der Waals surface area contributed by atoms with E-state index >= 15 is 0 Å². The number of rotatable bonds is 4. The molecule has 0 unspecified atom stereocenters. The van der Waals surface area contributed by atoms with Crippen molar-refractivity contribution in [1.29, 1.82) is 0 Å². The Morgan fingerprint density at radius 3 is 2.27 bits per heavy atom. The van der Waals surface area contributed by atoms with Crippen LogP contribution < -0.4 is 9.86 Å². The third-order valence-electron chi connectivity index (χ3n) is 1.09. The smallest absolute Gasteiger partial charge is 0.274 e. The van der Waals surface area contributed by atoms with Gasteiger partial charge in [-0.1, -0.05) is 13.8 Å². The molecule has 5 nitrogen and oxygen atoms in total. The second kappa shape index (κ2) is 3.80. The Bertz CT molecular complexity index is 232. The normalized spacial score (nSPS) is 12.0. The van der Waals surface area contributed by atoms with Crippen molar-refractivity contribution in [3.8, 4) is 0 Å². The molecule has 0 atom stereocenters. The fourth-order valence-corrected chi connectivity index (χ4v) is 0.719. The molecule has 0 heterocycles. The van der Waals surface area contributed by atoms with Gasteiger partial charge in [0.1, 0.15) is 5.78 Å². The number of carbonyl (C=O) groups is 1. The van der Waals surface area contributed by atoms with Crippen molar-refractivity contribution < 1.29 is 13.2 Å². The molecule has 0 aromatic rings. The van der Waals surface area contributed by atoms with E-state index in [-0.39, 0.29) is 18.2 Å². The number of hydrogen-bond acceptors (Lipinski definition) is 3. The van der Waals surface area contributed by atoms with Crippen LogP contribution in [0.1, 0.15) is 13.8 Å². The molecule has 0 spiro atoms. The largest absolute Gasteiger partial charge is 0.298 e. The van der Waals surface area contributed by atoms with E-state index in [9.17, 15) is 13.2 Å². The van der Waals surface area contributed by atoms with Crippen molar-refractivity contribution in [3.63, 3.8) is 0 Å². The van der Waals surface area contributed by atoms with Gasteiger partial charge in [-0.15, -0.1) is 0 Å². The highest BCUT2D eigenvalue weighted by molar-refractivity contribution is 7.87. The monoisotopic (exact) mass is 180 g/mol. The molecule has 0 aliphatic rings. The van der Waals surface area contributed by atoms with Gasteiger partial charge in [0, 0.05) is 5.92 Å². The average molecular weight is 180 g/mol. The third kappa shape index (κ3) is 5.96. The molecular weight excluding hydrogens is 168 g/mol. The zero-order chi connectivity index (χ0) is 9.07. The van der Waals surface area contributed by atoms with Crippen LogP contribution in [0.3, 0.4) is 0 Å². The summed E-state index contributed by atoms with van der Waals surface area (Å²) in [5, 5.41) is 4.59. The highest BCUT2D eigenvalue weighted by Gasteiger charge is 2.09. The molecule has 11 heavy (non-hydrogen) atoms. The standard InChI is InChI=1S/C5H12N2O3S/c1-4(2)5(8)3-7-11(6,9)10/h4,7H,3H2,1-2H3,(H2,6,9,10). The van der Waals surface area contributed by atoms with Crippen molar-refractivity contribution in [2.24, 2.45) is 11.1 Å². The Kier molecular flexibility index (Phi) is 3.64. The molecule has 0 radical (unpaired) electrons. The second-order valence-electron chi connectivity index (χ2n) is 2.49. The molecule has 0 aromatic heterocycles. The zero-order valence-electron chi connectivity index (χ0n) is 6.49. The lowest BCUT2D eigenvalue weighted by molar-refractivity contribution is -0.120. The van der Waals surface area contributed by atoms with Crippen molar-refractivity contribution in [3.05, 3.63) is 0 Å². The van der Waals surface area contributed by atoms with Crippen molar-refractivity contribution >= 4 is 16.0 Å². The Balaban J connectivity index is 3.83. The Labute approximate surface area is 66.1 Å². The molecule has 0 aliphatic heterocycles.